The SMILES string of the molecule is CCCCCCCCCCCCCCCCCCCCCCC(=O)O[C@H](COC(=O)CCCCCCCCCCC(C)C)COP(=O)(O)OC[C@H](O)COP(=O)(O)OC[C@@H](COC(=O)CCCCCCCCCCCCCCCCCCCCC(C)C)OC(=O)CCCCCCCCCCCCCCCCCCCCC(C)C. The maximum absolute atomic E-state index is 13.2. The van der Waals surface area contributed by atoms with Crippen LogP contribution in [-0.2, 0) is 65.4 Å². The van der Waals surface area contributed by atoms with Crippen LogP contribution in [0.1, 0.15) is 504 Å². The van der Waals surface area contributed by atoms with Gasteiger partial charge in [0.2, 0.25) is 0 Å². The molecule has 3 N–H and O–H groups in total. The van der Waals surface area contributed by atoms with Gasteiger partial charge in [0.15, 0.2) is 12.2 Å². The van der Waals surface area contributed by atoms with Gasteiger partial charge in [-0.05, 0) is 43.4 Å². The molecule has 672 valence electrons. The Hall–Kier alpha value is -1.94. The third-order valence-electron chi connectivity index (χ3n) is 22.1. The van der Waals surface area contributed by atoms with E-state index in [9.17, 15) is 43.2 Å². The van der Waals surface area contributed by atoms with Crippen molar-refractivity contribution in [3.63, 3.8) is 0 Å². The topological polar surface area (TPSA) is 237 Å². The maximum Gasteiger partial charge on any atom is 0.472 e. The first kappa shape index (κ1) is 111. The summed E-state index contributed by atoms with van der Waals surface area (Å²) < 4.78 is 69.1. The van der Waals surface area contributed by atoms with Gasteiger partial charge in [-0.2, -0.15) is 0 Å². The van der Waals surface area contributed by atoms with E-state index in [4.69, 9.17) is 37.0 Å². The molecule has 0 radical (unpaired) electrons. The summed E-state index contributed by atoms with van der Waals surface area (Å²) in [5.74, 6) is 0.274. The molecule has 0 amide bonds. The molecule has 17 nitrogen and oxygen atoms in total. The minimum atomic E-state index is -4.97. The zero-order valence-electron chi connectivity index (χ0n) is 74.9. The van der Waals surface area contributed by atoms with Gasteiger partial charge in [-0.3, -0.25) is 37.3 Å². The molecule has 0 aromatic carbocycles. The summed E-state index contributed by atoms with van der Waals surface area (Å²) in [6, 6.07) is 0. The second-order valence-electron chi connectivity index (χ2n) is 35.2. The summed E-state index contributed by atoms with van der Waals surface area (Å²) in [6.07, 6.45) is 78.0. The molecule has 2 unspecified atom stereocenters. The minimum Gasteiger partial charge on any atom is -0.462 e. The highest BCUT2D eigenvalue weighted by atomic mass is 31.2. The summed E-state index contributed by atoms with van der Waals surface area (Å²) in [6.45, 7) is 12.1. The molecule has 0 aromatic heterocycles. The molecule has 5 atom stereocenters. The van der Waals surface area contributed by atoms with Crippen LogP contribution >= 0.6 is 15.6 Å². The fourth-order valence-corrected chi connectivity index (χ4v) is 16.4. The van der Waals surface area contributed by atoms with Gasteiger partial charge in [-0.1, -0.05) is 453 Å². The largest absolute Gasteiger partial charge is 0.472 e. The van der Waals surface area contributed by atoms with Crippen LogP contribution in [0.15, 0.2) is 0 Å². The fourth-order valence-electron chi connectivity index (χ4n) is 14.8. The molecule has 0 fully saturated rings. The molecule has 0 saturated carbocycles. The van der Waals surface area contributed by atoms with E-state index in [-0.39, 0.29) is 25.7 Å². The van der Waals surface area contributed by atoms with E-state index in [1.807, 2.05) is 0 Å². The zero-order chi connectivity index (χ0) is 82.9. The summed E-state index contributed by atoms with van der Waals surface area (Å²) >= 11 is 0. The molecule has 0 aliphatic rings. The lowest BCUT2D eigenvalue weighted by atomic mass is 10.0. The normalized spacial score (nSPS) is 13.7. The summed E-state index contributed by atoms with van der Waals surface area (Å²) in [5, 5.41) is 10.7. The first-order chi connectivity index (χ1) is 54.7. The zero-order valence-corrected chi connectivity index (χ0v) is 76.7. The molecule has 0 aromatic rings. The fraction of sp³-hybridized carbons (Fsp3) is 0.957. The number of aliphatic hydroxyl groups is 1. The highest BCUT2D eigenvalue weighted by molar-refractivity contribution is 7.47. The Labute approximate surface area is 696 Å². The van der Waals surface area contributed by atoms with Crippen molar-refractivity contribution in [1.29, 1.82) is 0 Å². The van der Waals surface area contributed by atoms with Gasteiger partial charge < -0.3 is 33.8 Å². The number of hydrogen-bond acceptors (Lipinski definition) is 15. The Morgan fingerprint density at radius 3 is 0.602 bits per heavy atom. The number of rotatable bonds is 92. The van der Waals surface area contributed by atoms with E-state index < -0.39 is 97.5 Å². The van der Waals surface area contributed by atoms with Gasteiger partial charge in [0.25, 0.3) is 0 Å². The lowest BCUT2D eigenvalue weighted by Gasteiger charge is -2.21. The number of carbonyl (C=O) groups is 4. The van der Waals surface area contributed by atoms with Crippen LogP contribution in [0, 0.1) is 17.8 Å². The Bertz CT molecular complexity index is 2170. The van der Waals surface area contributed by atoms with E-state index in [2.05, 4.69) is 48.5 Å². The lowest BCUT2D eigenvalue weighted by molar-refractivity contribution is -0.161. The number of hydrogen-bond donors (Lipinski definition) is 3. The Kier molecular flexibility index (Phi) is 82.3. The average Bonchev–Trinajstić information content (AvgIpc) is 0.897. The average molecular weight is 1650 g/mol. The Morgan fingerprint density at radius 2 is 0.407 bits per heavy atom. The molecule has 113 heavy (non-hydrogen) atoms. The van der Waals surface area contributed by atoms with Gasteiger partial charge in [-0.15, -0.1) is 0 Å². The number of esters is 4. The number of aliphatic hydroxyl groups excluding tert-OH is 1. The quantitative estimate of drug-likeness (QED) is 0.0222. The maximum atomic E-state index is 13.2. The molecule has 0 saturated heterocycles. The van der Waals surface area contributed by atoms with Crippen LogP contribution < -0.4 is 0 Å². The molecule has 19 heteroatoms. The van der Waals surface area contributed by atoms with Crippen molar-refractivity contribution in [1.82, 2.24) is 0 Å². The number of unbranched alkanes of at least 4 members (excludes halogenated alkanes) is 60. The summed E-state index contributed by atoms with van der Waals surface area (Å²) in [5.41, 5.74) is 0. The first-order valence-electron chi connectivity index (χ1n) is 48.3. The van der Waals surface area contributed by atoms with E-state index >= 15 is 0 Å². The number of phosphoric ester groups is 2. The van der Waals surface area contributed by atoms with Crippen molar-refractivity contribution in [3.05, 3.63) is 0 Å². The molecular weight excluding hydrogens is 1460 g/mol. The highest BCUT2D eigenvalue weighted by Crippen LogP contribution is 2.45. The Balaban J connectivity index is 5.23. The molecule has 0 heterocycles. The third-order valence-corrected chi connectivity index (χ3v) is 24.0. The summed E-state index contributed by atoms with van der Waals surface area (Å²) in [4.78, 5) is 73.5. The predicted molar refractivity (Wildman–Crippen MR) is 469 cm³/mol. The van der Waals surface area contributed by atoms with Crippen molar-refractivity contribution in [2.45, 2.75) is 523 Å². The smallest absolute Gasteiger partial charge is 0.462 e. The second-order valence-corrected chi connectivity index (χ2v) is 38.1. The van der Waals surface area contributed by atoms with Crippen LogP contribution in [0.3, 0.4) is 0 Å². The lowest BCUT2D eigenvalue weighted by Crippen LogP contribution is -2.30. The monoisotopic (exact) mass is 1650 g/mol. The predicted octanol–water partition coefficient (Wildman–Crippen LogP) is 29.2. The molecule has 0 bridgehead atoms. The molecule has 0 spiro atoms. The van der Waals surface area contributed by atoms with Crippen molar-refractivity contribution >= 4 is 39.5 Å². The van der Waals surface area contributed by atoms with Crippen LogP contribution in [-0.4, -0.2) is 96.7 Å². The van der Waals surface area contributed by atoms with E-state index in [0.29, 0.717) is 25.7 Å². The third kappa shape index (κ3) is 87.7. The summed E-state index contributed by atoms with van der Waals surface area (Å²) in [7, 11) is -9.94. The van der Waals surface area contributed by atoms with Crippen LogP contribution in [0.2, 0.25) is 0 Å². The van der Waals surface area contributed by atoms with Crippen molar-refractivity contribution in [2.24, 2.45) is 17.8 Å². The van der Waals surface area contributed by atoms with Crippen LogP contribution in [0.5, 0.6) is 0 Å². The van der Waals surface area contributed by atoms with Gasteiger partial charge in [0.1, 0.15) is 19.3 Å². The minimum absolute atomic E-state index is 0.108. The van der Waals surface area contributed by atoms with Crippen molar-refractivity contribution in [2.75, 3.05) is 39.6 Å². The first-order valence-corrected chi connectivity index (χ1v) is 51.3. The molecule has 0 aliphatic heterocycles. The second kappa shape index (κ2) is 83.7. The van der Waals surface area contributed by atoms with Gasteiger partial charge >= 0.3 is 39.5 Å². The number of phosphoric acid groups is 2. The van der Waals surface area contributed by atoms with Crippen LogP contribution in [0.25, 0.3) is 0 Å². The standard InChI is InChI=1S/C94H184O17P2/c1-8-9-10-11-12-13-14-15-16-17-18-19-27-32-37-42-47-56-63-71-78-94(99)111-90(82-105-92(97)76-69-62-55-50-49-53-60-67-74-87(6)7)84-109-113(102,103)107-80-88(95)79-106-112(100,101)108-83-89(110-93(98)77-70-64-57-48-43-38-33-28-23-21-25-30-35-40-45-52-59-66-73-86(4)5)81-104-91(96)75-68-61-54-46-41-36-31-26-22-20-24-29-34-39-44-51-58-65-72-85(2)3/h85-90,95H,8-84H2,1-7H3,(H,100,101)(H,102,103)/t88-,89-,90-/m1/s1. The molecule has 0 aliphatic carbocycles. The van der Waals surface area contributed by atoms with Crippen molar-refractivity contribution < 1.29 is 80.2 Å². The van der Waals surface area contributed by atoms with E-state index in [1.54, 1.807) is 0 Å². The van der Waals surface area contributed by atoms with Gasteiger partial charge in [-0.25, -0.2) is 9.13 Å². The van der Waals surface area contributed by atoms with Gasteiger partial charge in [0, 0.05) is 25.7 Å². The highest BCUT2D eigenvalue weighted by Gasteiger charge is 2.31. The van der Waals surface area contributed by atoms with Crippen molar-refractivity contribution in [3.8, 4) is 0 Å². The van der Waals surface area contributed by atoms with Gasteiger partial charge in [0.05, 0.1) is 26.4 Å². The van der Waals surface area contributed by atoms with E-state index in [0.717, 1.165) is 108 Å². The number of carbonyl (C=O) groups excluding carboxylic acids is 4. The molecule has 0 rings (SSSR count). The van der Waals surface area contributed by atoms with Crippen LogP contribution in [0.4, 0.5) is 0 Å². The Morgan fingerprint density at radius 1 is 0.239 bits per heavy atom. The molecular formula is C94H184O17P2. The van der Waals surface area contributed by atoms with E-state index in [1.165, 1.54) is 315 Å². The number of ether oxygens (including phenoxy) is 4.